The van der Waals surface area contributed by atoms with Gasteiger partial charge in [-0.25, -0.2) is 9.59 Å². The number of carboxylic acid groups (broad SMARTS) is 1. The summed E-state index contributed by atoms with van der Waals surface area (Å²) >= 11 is 0.927. The van der Waals surface area contributed by atoms with Gasteiger partial charge in [0.15, 0.2) is 0 Å². The topological polar surface area (TPSA) is 69.6 Å². The van der Waals surface area contributed by atoms with Gasteiger partial charge in [0, 0.05) is 6.54 Å². The smallest absolute Gasteiger partial charge is 0.406 e. The Labute approximate surface area is 139 Å². The summed E-state index contributed by atoms with van der Waals surface area (Å²) in [5, 5.41) is 12.7. The molecule has 0 saturated heterocycles. The molecule has 128 valence electrons. The minimum absolute atomic E-state index is 0.00673. The number of carbonyl (C=O) groups excluding carboxylic acids is 1. The molecule has 0 atom stereocenters. The molecule has 2 aromatic rings. The molecule has 0 spiro atoms. The van der Waals surface area contributed by atoms with Gasteiger partial charge in [0.25, 0.3) is 0 Å². The van der Waals surface area contributed by atoms with Crippen LogP contribution in [0.15, 0.2) is 41.8 Å². The fourth-order valence-electron chi connectivity index (χ4n) is 1.97. The Bertz CT molecular complexity index is 716. The summed E-state index contributed by atoms with van der Waals surface area (Å²) < 4.78 is 38.2. The Morgan fingerprint density at radius 1 is 1.17 bits per heavy atom. The van der Waals surface area contributed by atoms with Crippen molar-refractivity contribution >= 4 is 28.3 Å². The van der Waals surface area contributed by atoms with E-state index < -0.39 is 24.7 Å². The Morgan fingerprint density at radius 3 is 2.42 bits per heavy atom. The van der Waals surface area contributed by atoms with Crippen LogP contribution in [-0.4, -0.2) is 34.7 Å². The second-order valence-electron chi connectivity index (χ2n) is 4.86. The number of nitrogens with zero attached hydrogens (tertiary/aromatic N) is 1. The van der Waals surface area contributed by atoms with Gasteiger partial charge in [0.2, 0.25) is 0 Å². The predicted octanol–water partition coefficient (Wildman–Crippen LogP) is 4.04. The molecule has 0 bridgehead atoms. The van der Waals surface area contributed by atoms with Gasteiger partial charge >= 0.3 is 18.2 Å². The molecule has 2 rings (SSSR count). The maximum absolute atomic E-state index is 12.7. The molecule has 0 saturated carbocycles. The van der Waals surface area contributed by atoms with Crippen LogP contribution in [0.2, 0.25) is 0 Å². The molecular weight excluding hydrogens is 345 g/mol. The summed E-state index contributed by atoms with van der Waals surface area (Å²) in [6, 6.07) is 8.48. The van der Waals surface area contributed by atoms with Crippen LogP contribution >= 0.6 is 11.3 Å². The number of rotatable bonds is 5. The van der Waals surface area contributed by atoms with Crippen LogP contribution in [0.25, 0.3) is 0 Å². The largest absolute Gasteiger partial charge is 0.478 e. The molecule has 1 aromatic carbocycles. The molecular formula is C15H13F3N2O3S. The molecule has 0 aliphatic heterocycles. The van der Waals surface area contributed by atoms with Crippen LogP contribution in [0.5, 0.6) is 0 Å². The van der Waals surface area contributed by atoms with E-state index in [0.717, 1.165) is 11.3 Å². The number of carbonyl (C=O) groups is 2. The lowest BCUT2D eigenvalue weighted by atomic mass is 10.2. The van der Waals surface area contributed by atoms with Gasteiger partial charge in [0.1, 0.15) is 11.5 Å². The van der Waals surface area contributed by atoms with E-state index in [2.05, 4.69) is 5.32 Å². The highest BCUT2D eigenvalue weighted by Gasteiger charge is 2.33. The average molecular weight is 358 g/mol. The van der Waals surface area contributed by atoms with Gasteiger partial charge in [-0.1, -0.05) is 30.3 Å². The second kappa shape index (κ2) is 7.35. The highest BCUT2D eigenvalue weighted by molar-refractivity contribution is 7.14. The van der Waals surface area contributed by atoms with Crippen LogP contribution < -0.4 is 5.32 Å². The van der Waals surface area contributed by atoms with E-state index in [1.54, 1.807) is 30.3 Å². The fraction of sp³-hybridized carbons (Fsp3) is 0.200. The monoisotopic (exact) mass is 358 g/mol. The average Bonchev–Trinajstić information content (AvgIpc) is 2.94. The van der Waals surface area contributed by atoms with Gasteiger partial charge in [-0.05, 0) is 17.0 Å². The Balaban J connectivity index is 2.17. The number of thiophene rings is 1. The number of halogens is 3. The van der Waals surface area contributed by atoms with E-state index in [1.807, 2.05) is 0 Å². The number of amides is 2. The highest BCUT2D eigenvalue weighted by Crippen LogP contribution is 2.25. The lowest BCUT2D eigenvalue weighted by Gasteiger charge is -2.24. The Hall–Kier alpha value is -2.55. The first-order valence-corrected chi connectivity index (χ1v) is 7.61. The highest BCUT2D eigenvalue weighted by atomic mass is 32.1. The molecule has 24 heavy (non-hydrogen) atoms. The van der Waals surface area contributed by atoms with Crippen molar-refractivity contribution in [2.75, 3.05) is 11.9 Å². The van der Waals surface area contributed by atoms with Gasteiger partial charge in [-0.3, -0.25) is 5.32 Å². The van der Waals surface area contributed by atoms with E-state index in [1.165, 1.54) is 11.4 Å². The number of hydrogen-bond donors (Lipinski definition) is 2. The number of aromatic carboxylic acids is 1. The molecule has 1 aromatic heterocycles. The maximum Gasteiger partial charge on any atom is 0.406 e. The first-order valence-electron chi connectivity index (χ1n) is 6.73. The predicted molar refractivity (Wildman–Crippen MR) is 83.2 cm³/mol. The summed E-state index contributed by atoms with van der Waals surface area (Å²) in [5.74, 6) is -1.27. The van der Waals surface area contributed by atoms with Crippen molar-refractivity contribution in [3.8, 4) is 0 Å². The van der Waals surface area contributed by atoms with E-state index in [-0.39, 0.29) is 17.1 Å². The van der Waals surface area contributed by atoms with E-state index >= 15 is 0 Å². The molecule has 9 heteroatoms. The normalized spacial score (nSPS) is 11.1. The Morgan fingerprint density at radius 2 is 1.83 bits per heavy atom. The summed E-state index contributed by atoms with van der Waals surface area (Å²) in [7, 11) is 0. The van der Waals surface area contributed by atoms with Gasteiger partial charge in [0.05, 0.1) is 5.56 Å². The summed E-state index contributed by atoms with van der Waals surface area (Å²) in [6.07, 6.45) is -4.57. The number of anilines is 1. The van der Waals surface area contributed by atoms with Crippen molar-refractivity contribution in [3.63, 3.8) is 0 Å². The standard InChI is InChI=1S/C15H13F3N2O3S/c16-15(17,18)9-20(8-10-4-2-1-3-5-10)14(23)19-12-11(13(21)22)6-7-24-12/h1-7H,8-9H2,(H,19,23)(H,21,22). The first-order chi connectivity index (χ1) is 11.3. The third-order valence-corrected chi connectivity index (χ3v) is 3.82. The maximum atomic E-state index is 12.7. The number of hydrogen-bond acceptors (Lipinski definition) is 3. The van der Waals surface area contributed by atoms with Gasteiger partial charge in [-0.2, -0.15) is 13.2 Å². The zero-order chi connectivity index (χ0) is 17.7. The SMILES string of the molecule is O=C(O)c1ccsc1NC(=O)N(Cc1ccccc1)CC(F)(F)F. The summed E-state index contributed by atoms with van der Waals surface area (Å²) in [5.41, 5.74) is 0.363. The van der Waals surface area contributed by atoms with Crippen molar-refractivity contribution in [1.82, 2.24) is 4.90 Å². The van der Waals surface area contributed by atoms with Crippen molar-refractivity contribution < 1.29 is 27.9 Å². The quantitative estimate of drug-likeness (QED) is 0.847. The molecule has 0 aliphatic carbocycles. The van der Waals surface area contributed by atoms with Gasteiger partial charge in [-0.15, -0.1) is 11.3 Å². The van der Waals surface area contributed by atoms with Crippen LogP contribution in [0.4, 0.5) is 23.0 Å². The number of alkyl halides is 3. The van der Waals surface area contributed by atoms with E-state index in [0.29, 0.717) is 10.5 Å². The van der Waals surface area contributed by atoms with Crippen molar-refractivity contribution in [3.05, 3.63) is 52.9 Å². The first kappa shape index (κ1) is 17.8. The zero-order valence-electron chi connectivity index (χ0n) is 12.2. The molecule has 5 nitrogen and oxygen atoms in total. The zero-order valence-corrected chi connectivity index (χ0v) is 13.0. The number of benzene rings is 1. The number of nitrogens with one attached hydrogen (secondary N) is 1. The minimum Gasteiger partial charge on any atom is -0.478 e. The van der Waals surface area contributed by atoms with Crippen LogP contribution in [0, 0.1) is 0 Å². The van der Waals surface area contributed by atoms with Crippen LogP contribution in [0.3, 0.4) is 0 Å². The van der Waals surface area contributed by atoms with Gasteiger partial charge < -0.3 is 10.0 Å². The van der Waals surface area contributed by atoms with Crippen molar-refractivity contribution in [1.29, 1.82) is 0 Å². The van der Waals surface area contributed by atoms with E-state index in [9.17, 15) is 22.8 Å². The Kier molecular flexibility index (Phi) is 5.45. The number of urea groups is 1. The molecule has 0 aliphatic rings. The fourth-order valence-corrected chi connectivity index (χ4v) is 2.74. The van der Waals surface area contributed by atoms with E-state index in [4.69, 9.17) is 5.11 Å². The molecule has 1 heterocycles. The van der Waals surface area contributed by atoms with Crippen molar-refractivity contribution in [2.24, 2.45) is 0 Å². The molecule has 2 amide bonds. The summed E-state index contributed by atoms with van der Waals surface area (Å²) in [6.45, 7) is -1.69. The van der Waals surface area contributed by atoms with Crippen LogP contribution in [-0.2, 0) is 6.54 Å². The second-order valence-corrected chi connectivity index (χ2v) is 5.77. The lowest BCUT2D eigenvalue weighted by molar-refractivity contribution is -0.140. The molecule has 0 radical (unpaired) electrons. The van der Waals surface area contributed by atoms with Crippen molar-refractivity contribution in [2.45, 2.75) is 12.7 Å². The number of carboxylic acids is 1. The summed E-state index contributed by atoms with van der Waals surface area (Å²) in [4.78, 5) is 23.8. The lowest BCUT2D eigenvalue weighted by Crippen LogP contribution is -2.41. The molecule has 0 fully saturated rings. The molecule has 2 N–H and O–H groups in total. The minimum atomic E-state index is -4.57. The molecule has 0 unspecified atom stereocenters. The van der Waals surface area contributed by atoms with Crippen LogP contribution in [0.1, 0.15) is 15.9 Å². The third kappa shape index (κ3) is 4.98. The third-order valence-electron chi connectivity index (χ3n) is 2.99.